The molecule has 0 aliphatic rings. The van der Waals surface area contributed by atoms with E-state index in [2.05, 4.69) is 20.6 Å². The smallest absolute Gasteiger partial charge is 0.229 e. The third-order valence-electron chi connectivity index (χ3n) is 5.00. The number of nitrogens with zero attached hydrogens (tertiary/aromatic N) is 4. The number of fused-ring (bicyclic) bond motifs is 3. The van der Waals surface area contributed by atoms with Crippen molar-refractivity contribution in [3.05, 3.63) is 71.1 Å². The van der Waals surface area contributed by atoms with E-state index in [0.717, 1.165) is 27.0 Å². The van der Waals surface area contributed by atoms with Crippen molar-refractivity contribution < 1.29 is 8.42 Å². The molecule has 0 unspecified atom stereocenters. The lowest BCUT2D eigenvalue weighted by Crippen LogP contribution is -2.06. The van der Waals surface area contributed by atoms with Gasteiger partial charge in [0.1, 0.15) is 0 Å². The summed E-state index contributed by atoms with van der Waals surface area (Å²) in [4.78, 5) is 4.80. The molecule has 0 atom stereocenters. The number of aryl methyl sites for hydroxylation is 2. The minimum atomic E-state index is -3.88. The number of hydrogen-bond acceptors (Lipinski definition) is 7. The monoisotopic (exact) mass is 435 g/mol. The van der Waals surface area contributed by atoms with Gasteiger partial charge >= 0.3 is 0 Å². The molecule has 5 aromatic rings. The molecule has 0 saturated heterocycles. The first-order valence-corrected chi connectivity index (χ1v) is 11.6. The summed E-state index contributed by atoms with van der Waals surface area (Å²) >= 11 is 1.50. The molecule has 0 saturated carbocycles. The zero-order valence-electron chi connectivity index (χ0n) is 16.2. The Balaban J connectivity index is 1.72. The van der Waals surface area contributed by atoms with Gasteiger partial charge in [-0.05, 0) is 60.7 Å². The van der Waals surface area contributed by atoms with E-state index in [9.17, 15) is 8.42 Å². The molecule has 2 aromatic carbocycles. The standard InChI is InChI=1S/C21H17N5O2S2/c1-13-8-9-16(12-14(13)2)30(27,28)21-20-23-19(22-15-6-4-3-5-7-15)18-17(10-11-29-18)26(20)25-24-21/h3-12H,1-2H3,(H,22,23). The number of nitrogens with one attached hydrogen (secondary N) is 1. The summed E-state index contributed by atoms with van der Waals surface area (Å²) in [5.41, 5.74) is 3.71. The Morgan fingerprint density at radius 3 is 2.57 bits per heavy atom. The Morgan fingerprint density at radius 2 is 1.80 bits per heavy atom. The first-order chi connectivity index (χ1) is 14.4. The normalized spacial score (nSPS) is 11.9. The quantitative estimate of drug-likeness (QED) is 0.446. The molecule has 3 aromatic heterocycles. The van der Waals surface area contributed by atoms with Gasteiger partial charge in [-0.3, -0.25) is 0 Å². The van der Waals surface area contributed by atoms with Crippen molar-refractivity contribution in [2.75, 3.05) is 5.32 Å². The zero-order valence-corrected chi connectivity index (χ0v) is 17.8. The number of aromatic nitrogens is 4. The Morgan fingerprint density at radius 1 is 1.00 bits per heavy atom. The maximum absolute atomic E-state index is 13.3. The van der Waals surface area contributed by atoms with Gasteiger partial charge in [0.2, 0.25) is 14.9 Å². The fourth-order valence-electron chi connectivity index (χ4n) is 3.23. The second-order valence-corrected chi connectivity index (χ2v) is 9.75. The van der Waals surface area contributed by atoms with E-state index in [0.29, 0.717) is 5.82 Å². The molecule has 7 nitrogen and oxygen atoms in total. The fourth-order valence-corrected chi connectivity index (χ4v) is 5.37. The van der Waals surface area contributed by atoms with E-state index in [1.54, 1.807) is 18.2 Å². The van der Waals surface area contributed by atoms with Crippen molar-refractivity contribution >= 4 is 48.5 Å². The van der Waals surface area contributed by atoms with Crippen LogP contribution in [0.2, 0.25) is 0 Å². The van der Waals surface area contributed by atoms with Crippen LogP contribution in [0.15, 0.2) is 69.9 Å². The Hall–Kier alpha value is -3.30. The summed E-state index contributed by atoms with van der Waals surface area (Å²) in [5.74, 6) is 0.567. The van der Waals surface area contributed by atoms with Crippen molar-refractivity contribution in [3.8, 4) is 0 Å². The summed E-state index contributed by atoms with van der Waals surface area (Å²) in [6.07, 6.45) is 0. The molecule has 0 bridgehead atoms. The summed E-state index contributed by atoms with van der Waals surface area (Å²) in [5, 5.41) is 13.2. The van der Waals surface area contributed by atoms with Gasteiger partial charge in [-0.15, -0.1) is 16.4 Å². The molecular formula is C21H17N5O2S2. The predicted octanol–water partition coefficient (Wildman–Crippen LogP) is 4.53. The average molecular weight is 436 g/mol. The number of rotatable bonds is 4. The summed E-state index contributed by atoms with van der Waals surface area (Å²) in [7, 11) is -3.88. The minimum absolute atomic E-state index is 0.157. The highest BCUT2D eigenvalue weighted by Gasteiger charge is 2.27. The Kier molecular flexibility index (Phi) is 4.30. The second kappa shape index (κ2) is 6.89. The van der Waals surface area contributed by atoms with E-state index in [1.165, 1.54) is 15.9 Å². The van der Waals surface area contributed by atoms with E-state index < -0.39 is 9.84 Å². The Bertz CT molecular complexity index is 1510. The molecule has 0 aliphatic heterocycles. The van der Waals surface area contributed by atoms with Gasteiger partial charge in [-0.25, -0.2) is 13.4 Å². The second-order valence-electron chi connectivity index (χ2n) is 6.97. The van der Waals surface area contributed by atoms with E-state index in [1.807, 2.05) is 55.6 Å². The van der Waals surface area contributed by atoms with Crippen LogP contribution in [0.5, 0.6) is 0 Å². The van der Waals surface area contributed by atoms with Gasteiger partial charge in [-0.2, -0.15) is 4.52 Å². The molecule has 30 heavy (non-hydrogen) atoms. The van der Waals surface area contributed by atoms with Crippen LogP contribution in [0, 0.1) is 13.8 Å². The average Bonchev–Trinajstić information content (AvgIpc) is 3.38. The molecule has 5 rings (SSSR count). The van der Waals surface area contributed by atoms with Gasteiger partial charge in [0.15, 0.2) is 11.5 Å². The molecule has 150 valence electrons. The third kappa shape index (κ3) is 2.94. The molecular weight excluding hydrogens is 418 g/mol. The molecule has 0 fully saturated rings. The zero-order chi connectivity index (χ0) is 20.9. The van der Waals surface area contributed by atoms with Crippen LogP contribution >= 0.6 is 11.3 Å². The van der Waals surface area contributed by atoms with E-state index >= 15 is 0 Å². The largest absolute Gasteiger partial charge is 0.339 e. The number of benzene rings is 2. The number of sulfone groups is 1. The first-order valence-electron chi connectivity index (χ1n) is 9.22. The molecule has 9 heteroatoms. The summed E-state index contributed by atoms with van der Waals surface area (Å²) in [6, 6.07) is 16.5. The van der Waals surface area contributed by atoms with Crippen LogP contribution in [0.3, 0.4) is 0 Å². The molecule has 1 N–H and O–H groups in total. The fraction of sp³-hybridized carbons (Fsp3) is 0.0952. The topological polar surface area (TPSA) is 89.2 Å². The van der Waals surface area contributed by atoms with Gasteiger partial charge in [0, 0.05) is 5.69 Å². The third-order valence-corrected chi connectivity index (χ3v) is 7.56. The molecule has 0 amide bonds. The van der Waals surface area contributed by atoms with Gasteiger partial charge in [-0.1, -0.05) is 29.5 Å². The maximum Gasteiger partial charge on any atom is 0.229 e. The number of para-hydroxylation sites is 1. The summed E-state index contributed by atoms with van der Waals surface area (Å²) in [6.45, 7) is 3.82. The highest BCUT2D eigenvalue weighted by molar-refractivity contribution is 7.91. The van der Waals surface area contributed by atoms with Gasteiger partial charge in [0.25, 0.3) is 0 Å². The van der Waals surface area contributed by atoms with E-state index in [-0.39, 0.29) is 15.6 Å². The molecule has 0 aliphatic carbocycles. The number of hydrogen-bond donors (Lipinski definition) is 1. The lowest BCUT2D eigenvalue weighted by Gasteiger charge is -2.08. The lowest BCUT2D eigenvalue weighted by molar-refractivity contribution is 0.592. The number of anilines is 2. The van der Waals surface area contributed by atoms with Crippen LogP contribution in [-0.2, 0) is 9.84 Å². The van der Waals surface area contributed by atoms with Gasteiger partial charge in [0.05, 0.1) is 15.1 Å². The lowest BCUT2D eigenvalue weighted by atomic mass is 10.1. The van der Waals surface area contributed by atoms with Crippen molar-refractivity contribution in [1.82, 2.24) is 19.8 Å². The van der Waals surface area contributed by atoms with Crippen molar-refractivity contribution in [1.29, 1.82) is 0 Å². The molecule has 3 heterocycles. The van der Waals surface area contributed by atoms with Crippen molar-refractivity contribution in [2.45, 2.75) is 23.8 Å². The minimum Gasteiger partial charge on any atom is -0.339 e. The van der Waals surface area contributed by atoms with Crippen LogP contribution in [0.4, 0.5) is 11.5 Å². The summed E-state index contributed by atoms with van der Waals surface area (Å²) < 4.78 is 29.0. The molecule has 0 radical (unpaired) electrons. The van der Waals surface area contributed by atoms with Crippen LogP contribution in [0.25, 0.3) is 15.9 Å². The highest BCUT2D eigenvalue weighted by Crippen LogP contribution is 2.32. The molecule has 0 spiro atoms. The van der Waals surface area contributed by atoms with Crippen molar-refractivity contribution in [2.24, 2.45) is 0 Å². The maximum atomic E-state index is 13.3. The Labute approximate surface area is 176 Å². The van der Waals surface area contributed by atoms with E-state index in [4.69, 9.17) is 0 Å². The van der Waals surface area contributed by atoms with Gasteiger partial charge < -0.3 is 5.32 Å². The van der Waals surface area contributed by atoms with Crippen LogP contribution in [0.1, 0.15) is 11.1 Å². The SMILES string of the molecule is Cc1ccc(S(=O)(=O)c2nnn3c2nc(Nc2ccccc2)c2sccc23)cc1C. The van der Waals surface area contributed by atoms with Crippen LogP contribution in [-0.4, -0.2) is 28.2 Å². The highest BCUT2D eigenvalue weighted by atomic mass is 32.2. The number of thiophene rings is 1. The van der Waals surface area contributed by atoms with Crippen molar-refractivity contribution in [3.63, 3.8) is 0 Å². The first kappa shape index (κ1) is 18.7. The van der Waals surface area contributed by atoms with Crippen LogP contribution < -0.4 is 5.32 Å². The predicted molar refractivity (Wildman–Crippen MR) is 117 cm³/mol.